The summed E-state index contributed by atoms with van der Waals surface area (Å²) >= 11 is 3.48. The molecule has 0 saturated heterocycles. The van der Waals surface area contributed by atoms with E-state index in [2.05, 4.69) is 60.7 Å². The number of aryl methyl sites for hydroxylation is 3. The number of aromatic nitrogens is 2. The second-order valence-electron chi connectivity index (χ2n) is 9.38. The molecule has 2 heterocycles. The van der Waals surface area contributed by atoms with Gasteiger partial charge in [0.15, 0.2) is 0 Å². The fraction of sp³-hybridized carbons (Fsp3) is 0.448. The van der Waals surface area contributed by atoms with Crippen LogP contribution in [0.3, 0.4) is 0 Å². The first-order chi connectivity index (χ1) is 16.3. The van der Waals surface area contributed by atoms with Crippen molar-refractivity contribution in [1.29, 1.82) is 0 Å². The quantitative estimate of drug-likeness (QED) is 0.208. The van der Waals surface area contributed by atoms with Crippen LogP contribution in [0.4, 0.5) is 0 Å². The highest BCUT2D eigenvalue weighted by Gasteiger charge is 2.26. The summed E-state index contributed by atoms with van der Waals surface area (Å²) in [5.41, 5.74) is 7.33. The molecular weight excluding hydrogens is 488 g/mol. The molecule has 34 heavy (non-hydrogen) atoms. The lowest BCUT2D eigenvalue weighted by Crippen LogP contribution is -2.22. The zero-order valence-electron chi connectivity index (χ0n) is 20.8. The molecule has 0 aliphatic carbocycles. The maximum Gasteiger partial charge on any atom is 0.106 e. The number of unbranched alkanes of at least 4 members (excludes halogenated alkanes) is 1. The molecule has 2 aromatic heterocycles. The van der Waals surface area contributed by atoms with Crippen LogP contribution in [0, 0.1) is 20.8 Å². The van der Waals surface area contributed by atoms with Crippen molar-refractivity contribution in [2.75, 3.05) is 0 Å². The predicted octanol–water partition coefficient (Wildman–Crippen LogP) is 7.05. The lowest BCUT2D eigenvalue weighted by molar-refractivity contribution is 0.129. The van der Waals surface area contributed by atoms with Gasteiger partial charge in [-0.3, -0.25) is 4.98 Å². The van der Waals surface area contributed by atoms with Crippen molar-refractivity contribution >= 4 is 15.9 Å². The Morgan fingerprint density at radius 1 is 0.824 bits per heavy atom. The van der Waals surface area contributed by atoms with E-state index < -0.39 is 6.10 Å². The Kier molecular flexibility index (Phi) is 9.81. The van der Waals surface area contributed by atoms with Crippen molar-refractivity contribution in [1.82, 2.24) is 9.97 Å². The Labute approximate surface area is 212 Å². The van der Waals surface area contributed by atoms with E-state index in [1.54, 1.807) is 0 Å². The van der Waals surface area contributed by atoms with Gasteiger partial charge in [-0.2, -0.15) is 0 Å². The van der Waals surface area contributed by atoms with Crippen molar-refractivity contribution in [3.05, 3.63) is 81.2 Å². The van der Waals surface area contributed by atoms with Gasteiger partial charge in [0.1, 0.15) is 4.60 Å². The highest BCUT2D eigenvalue weighted by atomic mass is 79.9. The molecule has 0 radical (unpaired) electrons. The van der Waals surface area contributed by atoms with Crippen LogP contribution in [-0.2, 0) is 0 Å². The first-order valence-corrected chi connectivity index (χ1v) is 13.1. The summed E-state index contributed by atoms with van der Waals surface area (Å²) in [5.74, 6) is -0.330. The van der Waals surface area contributed by atoms with Crippen molar-refractivity contribution in [3.8, 4) is 11.3 Å². The highest BCUT2D eigenvalue weighted by molar-refractivity contribution is 9.10. The number of nitrogens with zero attached hydrogens (tertiary/aromatic N) is 2. The van der Waals surface area contributed by atoms with Crippen LogP contribution in [0.25, 0.3) is 11.3 Å². The van der Waals surface area contributed by atoms with Gasteiger partial charge in [0, 0.05) is 5.56 Å². The third-order valence-electron chi connectivity index (χ3n) is 6.37. The Morgan fingerprint density at radius 3 is 2.09 bits per heavy atom. The van der Waals surface area contributed by atoms with Crippen LogP contribution >= 0.6 is 15.9 Å². The van der Waals surface area contributed by atoms with Gasteiger partial charge in [-0.25, -0.2) is 4.98 Å². The van der Waals surface area contributed by atoms with Gasteiger partial charge in [-0.15, -0.1) is 0 Å². The Morgan fingerprint density at radius 2 is 1.44 bits per heavy atom. The third kappa shape index (κ3) is 6.97. The lowest BCUT2D eigenvalue weighted by atomic mass is 9.89. The molecule has 3 atom stereocenters. The molecular formula is C29H37BrN2O2. The van der Waals surface area contributed by atoms with Crippen LogP contribution in [-0.4, -0.2) is 32.4 Å². The molecule has 3 rings (SSSR count). The predicted molar refractivity (Wildman–Crippen MR) is 143 cm³/mol. The molecule has 182 valence electrons. The topological polar surface area (TPSA) is 66.2 Å². The molecule has 2 N–H and O–H groups in total. The minimum Gasteiger partial charge on any atom is -0.393 e. The molecule has 0 aliphatic heterocycles. The van der Waals surface area contributed by atoms with Gasteiger partial charge in [-0.05, 0) is 91.4 Å². The minimum absolute atomic E-state index is 0.246. The zero-order valence-corrected chi connectivity index (χ0v) is 22.3. The molecule has 3 aromatic rings. The van der Waals surface area contributed by atoms with Crippen LogP contribution in [0.5, 0.6) is 0 Å². The molecule has 0 bridgehead atoms. The van der Waals surface area contributed by atoms with Gasteiger partial charge in [0.25, 0.3) is 0 Å². The third-order valence-corrected chi connectivity index (χ3v) is 6.81. The summed E-state index contributed by atoms with van der Waals surface area (Å²) in [5, 5.41) is 21.3. The van der Waals surface area contributed by atoms with E-state index in [9.17, 15) is 10.2 Å². The number of aliphatic hydroxyl groups excluding tert-OH is 2. The number of hydrogen-bond acceptors (Lipinski definition) is 4. The molecule has 0 saturated carbocycles. The fourth-order valence-electron chi connectivity index (χ4n) is 4.87. The normalized spacial score (nSPS) is 14.1. The van der Waals surface area contributed by atoms with E-state index in [1.165, 1.54) is 16.7 Å². The highest BCUT2D eigenvalue weighted by Crippen LogP contribution is 2.33. The summed E-state index contributed by atoms with van der Waals surface area (Å²) in [6, 6.07) is 16.2. The van der Waals surface area contributed by atoms with Crippen molar-refractivity contribution < 1.29 is 10.2 Å². The SMILES string of the molecule is CCCC(O)CCCCC(O)C(c1cccc(Br)n1)c1cccc(-c2c(C)cc(C)cc2C)n1. The van der Waals surface area contributed by atoms with Crippen LogP contribution in [0.1, 0.15) is 79.4 Å². The molecule has 4 nitrogen and oxygen atoms in total. The average molecular weight is 526 g/mol. The van der Waals surface area contributed by atoms with Gasteiger partial charge in [-0.1, -0.05) is 56.0 Å². The zero-order chi connectivity index (χ0) is 24.7. The molecule has 1 aromatic carbocycles. The monoisotopic (exact) mass is 524 g/mol. The van der Waals surface area contributed by atoms with Crippen molar-refractivity contribution in [2.45, 2.75) is 84.3 Å². The lowest BCUT2D eigenvalue weighted by Gasteiger charge is -2.23. The summed E-state index contributed by atoms with van der Waals surface area (Å²) < 4.78 is 0.742. The molecule has 5 heteroatoms. The summed E-state index contributed by atoms with van der Waals surface area (Å²) in [6.45, 7) is 8.45. The molecule has 0 aliphatic rings. The van der Waals surface area contributed by atoms with Gasteiger partial charge in [0.05, 0.1) is 35.2 Å². The Hall–Kier alpha value is -2.08. The minimum atomic E-state index is -0.618. The second kappa shape index (κ2) is 12.6. The summed E-state index contributed by atoms with van der Waals surface area (Å²) in [6.07, 6.45) is 4.11. The summed E-state index contributed by atoms with van der Waals surface area (Å²) in [7, 11) is 0. The van der Waals surface area contributed by atoms with Crippen LogP contribution < -0.4 is 0 Å². The number of rotatable bonds is 11. The number of halogens is 1. The maximum atomic E-state index is 11.3. The van der Waals surface area contributed by atoms with Gasteiger partial charge < -0.3 is 10.2 Å². The Bertz CT molecular complexity index is 1060. The van der Waals surface area contributed by atoms with E-state index >= 15 is 0 Å². The number of pyridine rings is 2. The molecule has 0 spiro atoms. The summed E-state index contributed by atoms with van der Waals surface area (Å²) in [4.78, 5) is 9.72. The standard InChI is InChI=1S/C29H37BrN2O2/c1-5-10-22(33)11-6-7-15-26(34)29(25-14-9-16-27(30)32-25)24-13-8-12-23(31-24)28-20(3)17-19(2)18-21(28)4/h8-9,12-14,16-18,22,26,29,33-34H,5-7,10-11,15H2,1-4H3. The first kappa shape index (κ1) is 26.5. The van der Waals surface area contributed by atoms with E-state index in [0.717, 1.165) is 59.4 Å². The average Bonchev–Trinajstić information content (AvgIpc) is 2.77. The number of hydrogen-bond donors (Lipinski definition) is 2. The first-order valence-electron chi connectivity index (χ1n) is 12.3. The van der Waals surface area contributed by atoms with Gasteiger partial charge >= 0.3 is 0 Å². The van der Waals surface area contributed by atoms with Crippen molar-refractivity contribution in [3.63, 3.8) is 0 Å². The number of aliphatic hydroxyl groups is 2. The van der Waals surface area contributed by atoms with E-state index in [1.807, 2.05) is 36.4 Å². The Balaban J connectivity index is 1.90. The molecule has 3 unspecified atom stereocenters. The van der Waals surface area contributed by atoms with Gasteiger partial charge in [0.2, 0.25) is 0 Å². The molecule has 0 amide bonds. The smallest absolute Gasteiger partial charge is 0.106 e. The van der Waals surface area contributed by atoms with Crippen LogP contribution in [0.15, 0.2) is 53.1 Å². The van der Waals surface area contributed by atoms with E-state index in [4.69, 9.17) is 4.98 Å². The number of benzene rings is 1. The van der Waals surface area contributed by atoms with Crippen molar-refractivity contribution in [2.24, 2.45) is 0 Å². The fourth-order valence-corrected chi connectivity index (χ4v) is 5.23. The second-order valence-corrected chi connectivity index (χ2v) is 10.2. The largest absolute Gasteiger partial charge is 0.393 e. The maximum absolute atomic E-state index is 11.3. The van der Waals surface area contributed by atoms with E-state index in [-0.39, 0.29) is 12.0 Å². The molecule has 0 fully saturated rings. The van der Waals surface area contributed by atoms with E-state index in [0.29, 0.717) is 6.42 Å². The van der Waals surface area contributed by atoms with Crippen LogP contribution in [0.2, 0.25) is 0 Å².